The van der Waals surface area contributed by atoms with Gasteiger partial charge in [0.2, 0.25) is 5.91 Å². The summed E-state index contributed by atoms with van der Waals surface area (Å²) in [4.78, 5) is 22.8. The number of hydrogen-bond donors (Lipinski definition) is 2. The molecule has 0 aliphatic rings. The Labute approximate surface area is 146 Å². The van der Waals surface area contributed by atoms with Gasteiger partial charge in [0.05, 0.1) is 23.8 Å². The van der Waals surface area contributed by atoms with E-state index in [0.29, 0.717) is 5.69 Å². The van der Waals surface area contributed by atoms with Crippen LogP contribution in [0.3, 0.4) is 0 Å². The summed E-state index contributed by atoms with van der Waals surface area (Å²) < 4.78 is 5.13. The number of methoxy groups -OCH3 is 1. The molecular weight excluding hydrogens is 322 g/mol. The van der Waals surface area contributed by atoms with E-state index in [9.17, 15) is 14.9 Å². The lowest BCUT2D eigenvalue weighted by Crippen LogP contribution is -2.32. The molecule has 0 bridgehead atoms. The Hall–Kier alpha value is -3.09. The maximum absolute atomic E-state index is 12.4. The molecule has 2 N–H and O–H groups in total. The predicted molar refractivity (Wildman–Crippen MR) is 97.2 cm³/mol. The first-order chi connectivity index (χ1) is 12.0. The van der Waals surface area contributed by atoms with Crippen molar-refractivity contribution in [3.8, 4) is 5.75 Å². The number of non-ortho nitro benzene ring substituents is 1. The van der Waals surface area contributed by atoms with E-state index in [4.69, 9.17) is 4.74 Å². The zero-order chi connectivity index (χ0) is 18.4. The number of para-hydroxylation sites is 1. The number of carbonyl (C=O) groups excluding carboxylic acids is 1. The van der Waals surface area contributed by atoms with E-state index in [-0.39, 0.29) is 17.3 Å². The van der Waals surface area contributed by atoms with Gasteiger partial charge in [-0.05, 0) is 31.0 Å². The van der Waals surface area contributed by atoms with Crippen molar-refractivity contribution in [1.29, 1.82) is 0 Å². The van der Waals surface area contributed by atoms with E-state index in [1.54, 1.807) is 6.92 Å². The standard InChI is InChI=1S/C18H21N3O4/c1-4-13-7-5-6-8-15(13)19-12(2)18(22)20-16-10-9-14(21(23)24)11-17(16)25-3/h5-12,19H,4H2,1-3H3,(H,20,22)/t12-/m1/s1. The highest BCUT2D eigenvalue weighted by Crippen LogP contribution is 2.29. The van der Waals surface area contributed by atoms with Crippen LogP contribution in [0.15, 0.2) is 42.5 Å². The molecule has 25 heavy (non-hydrogen) atoms. The van der Waals surface area contributed by atoms with E-state index in [0.717, 1.165) is 17.7 Å². The van der Waals surface area contributed by atoms with Gasteiger partial charge in [-0.1, -0.05) is 25.1 Å². The minimum atomic E-state index is -0.514. The minimum Gasteiger partial charge on any atom is -0.494 e. The van der Waals surface area contributed by atoms with E-state index < -0.39 is 11.0 Å². The number of hydrogen-bond acceptors (Lipinski definition) is 5. The van der Waals surface area contributed by atoms with Crippen molar-refractivity contribution in [3.05, 3.63) is 58.1 Å². The summed E-state index contributed by atoms with van der Waals surface area (Å²) in [6, 6.07) is 11.4. The first-order valence-electron chi connectivity index (χ1n) is 7.94. The fourth-order valence-electron chi connectivity index (χ4n) is 2.41. The molecule has 0 saturated carbocycles. The van der Waals surface area contributed by atoms with Crippen LogP contribution >= 0.6 is 0 Å². The Morgan fingerprint density at radius 2 is 1.96 bits per heavy atom. The topological polar surface area (TPSA) is 93.5 Å². The molecule has 132 valence electrons. The number of carbonyl (C=O) groups is 1. The second-order valence-electron chi connectivity index (χ2n) is 5.51. The van der Waals surface area contributed by atoms with Crippen LogP contribution in [-0.4, -0.2) is 24.0 Å². The fourth-order valence-corrected chi connectivity index (χ4v) is 2.41. The zero-order valence-corrected chi connectivity index (χ0v) is 14.4. The Kier molecular flexibility index (Phi) is 5.94. The summed E-state index contributed by atoms with van der Waals surface area (Å²) in [5.74, 6) is -0.0261. The Morgan fingerprint density at radius 3 is 2.60 bits per heavy atom. The second kappa shape index (κ2) is 8.14. The van der Waals surface area contributed by atoms with Crippen LogP contribution in [0.25, 0.3) is 0 Å². The zero-order valence-electron chi connectivity index (χ0n) is 14.4. The first-order valence-corrected chi connectivity index (χ1v) is 7.94. The molecular formula is C18H21N3O4. The lowest BCUT2D eigenvalue weighted by atomic mass is 10.1. The van der Waals surface area contributed by atoms with Crippen LogP contribution in [0.5, 0.6) is 5.75 Å². The number of aryl methyl sites for hydroxylation is 1. The van der Waals surface area contributed by atoms with Gasteiger partial charge in [0, 0.05) is 11.8 Å². The highest BCUT2D eigenvalue weighted by molar-refractivity contribution is 5.97. The summed E-state index contributed by atoms with van der Waals surface area (Å²) in [5, 5.41) is 16.8. The molecule has 0 aromatic heterocycles. The third kappa shape index (κ3) is 4.47. The lowest BCUT2D eigenvalue weighted by molar-refractivity contribution is -0.384. The van der Waals surface area contributed by atoms with Crippen LogP contribution in [0.2, 0.25) is 0 Å². The SMILES string of the molecule is CCc1ccccc1N[C@H](C)C(=O)Nc1ccc([N+](=O)[O-])cc1OC. The smallest absolute Gasteiger partial charge is 0.273 e. The van der Waals surface area contributed by atoms with Gasteiger partial charge in [0.25, 0.3) is 5.69 Å². The fraction of sp³-hybridized carbons (Fsp3) is 0.278. The summed E-state index contributed by atoms with van der Waals surface area (Å²) in [6.45, 7) is 3.80. The van der Waals surface area contributed by atoms with Crippen LogP contribution in [0.4, 0.5) is 17.1 Å². The van der Waals surface area contributed by atoms with Gasteiger partial charge in [-0.2, -0.15) is 0 Å². The Balaban J connectivity index is 2.12. The normalized spacial score (nSPS) is 11.5. The Morgan fingerprint density at radius 1 is 1.24 bits per heavy atom. The van der Waals surface area contributed by atoms with Crippen LogP contribution in [0.1, 0.15) is 19.4 Å². The monoisotopic (exact) mass is 343 g/mol. The van der Waals surface area contributed by atoms with Crippen molar-refractivity contribution in [1.82, 2.24) is 0 Å². The molecule has 2 aromatic carbocycles. The molecule has 1 atom stereocenters. The van der Waals surface area contributed by atoms with Gasteiger partial charge in [-0.3, -0.25) is 14.9 Å². The largest absolute Gasteiger partial charge is 0.494 e. The maximum atomic E-state index is 12.4. The van der Waals surface area contributed by atoms with Crippen molar-refractivity contribution in [2.24, 2.45) is 0 Å². The maximum Gasteiger partial charge on any atom is 0.273 e. The lowest BCUT2D eigenvalue weighted by Gasteiger charge is -2.18. The second-order valence-corrected chi connectivity index (χ2v) is 5.51. The van der Waals surface area contributed by atoms with Crippen molar-refractivity contribution in [3.63, 3.8) is 0 Å². The number of nitrogens with one attached hydrogen (secondary N) is 2. The van der Waals surface area contributed by atoms with E-state index in [1.807, 2.05) is 31.2 Å². The van der Waals surface area contributed by atoms with E-state index in [1.165, 1.54) is 25.3 Å². The summed E-state index contributed by atoms with van der Waals surface area (Å²) in [5.41, 5.74) is 2.31. The number of amides is 1. The van der Waals surface area contributed by atoms with Gasteiger partial charge in [0.15, 0.2) is 0 Å². The average molecular weight is 343 g/mol. The van der Waals surface area contributed by atoms with Crippen molar-refractivity contribution >= 4 is 23.0 Å². The van der Waals surface area contributed by atoms with Crippen molar-refractivity contribution < 1.29 is 14.5 Å². The van der Waals surface area contributed by atoms with Crippen LogP contribution in [0, 0.1) is 10.1 Å². The van der Waals surface area contributed by atoms with Gasteiger partial charge in [-0.15, -0.1) is 0 Å². The predicted octanol–water partition coefficient (Wildman–Crippen LogP) is 3.60. The molecule has 0 aliphatic heterocycles. The molecule has 0 aliphatic carbocycles. The van der Waals surface area contributed by atoms with Gasteiger partial charge < -0.3 is 15.4 Å². The number of benzene rings is 2. The summed E-state index contributed by atoms with van der Waals surface area (Å²) >= 11 is 0. The Bertz CT molecular complexity index is 777. The number of nitro groups is 1. The molecule has 0 heterocycles. The van der Waals surface area contributed by atoms with Crippen LogP contribution < -0.4 is 15.4 Å². The molecule has 0 saturated heterocycles. The molecule has 0 spiro atoms. The third-order valence-corrected chi connectivity index (χ3v) is 3.82. The number of nitrogens with zero attached hydrogens (tertiary/aromatic N) is 1. The van der Waals surface area contributed by atoms with E-state index in [2.05, 4.69) is 10.6 Å². The number of nitro benzene ring substituents is 1. The summed E-state index contributed by atoms with van der Waals surface area (Å²) in [6.07, 6.45) is 0.855. The molecule has 0 radical (unpaired) electrons. The van der Waals surface area contributed by atoms with Gasteiger partial charge in [-0.25, -0.2) is 0 Å². The quantitative estimate of drug-likeness (QED) is 0.592. The molecule has 1 amide bonds. The number of anilines is 2. The number of ether oxygens (including phenoxy) is 1. The van der Waals surface area contributed by atoms with Crippen LogP contribution in [-0.2, 0) is 11.2 Å². The summed E-state index contributed by atoms with van der Waals surface area (Å²) in [7, 11) is 1.40. The number of rotatable bonds is 7. The molecule has 7 nitrogen and oxygen atoms in total. The third-order valence-electron chi connectivity index (χ3n) is 3.82. The highest BCUT2D eigenvalue weighted by atomic mass is 16.6. The average Bonchev–Trinajstić information content (AvgIpc) is 2.62. The van der Waals surface area contributed by atoms with Crippen molar-refractivity contribution in [2.75, 3.05) is 17.7 Å². The molecule has 0 unspecified atom stereocenters. The molecule has 2 aromatic rings. The van der Waals surface area contributed by atoms with Gasteiger partial charge >= 0.3 is 0 Å². The van der Waals surface area contributed by atoms with E-state index >= 15 is 0 Å². The molecule has 2 rings (SSSR count). The molecule has 0 fully saturated rings. The minimum absolute atomic E-state index is 0.0992. The molecule has 7 heteroatoms. The first kappa shape index (κ1) is 18.3. The van der Waals surface area contributed by atoms with Gasteiger partial charge in [0.1, 0.15) is 11.8 Å². The highest BCUT2D eigenvalue weighted by Gasteiger charge is 2.17. The van der Waals surface area contributed by atoms with Crippen molar-refractivity contribution in [2.45, 2.75) is 26.3 Å².